The van der Waals surface area contributed by atoms with Crippen molar-refractivity contribution in [3.8, 4) is 0 Å². The van der Waals surface area contributed by atoms with Gasteiger partial charge in [-0.1, -0.05) is 29.3 Å². The van der Waals surface area contributed by atoms with Crippen LogP contribution < -0.4 is 4.90 Å². The van der Waals surface area contributed by atoms with E-state index in [1.54, 1.807) is 23.3 Å². The number of halogens is 1. The number of hydrogen-bond acceptors (Lipinski definition) is 2. The summed E-state index contributed by atoms with van der Waals surface area (Å²) in [6, 6.07) is 18.4. The van der Waals surface area contributed by atoms with E-state index in [1.165, 1.54) is 0 Å². The predicted molar refractivity (Wildman–Crippen MR) is 91.9 cm³/mol. The molecule has 116 valence electrons. The van der Waals surface area contributed by atoms with Gasteiger partial charge >= 0.3 is 0 Å². The van der Waals surface area contributed by atoms with Gasteiger partial charge in [-0.3, -0.25) is 4.79 Å². The maximum absolute atomic E-state index is 12.9. The summed E-state index contributed by atoms with van der Waals surface area (Å²) in [5.41, 5.74) is 2.53. The van der Waals surface area contributed by atoms with Crippen LogP contribution in [0.2, 0.25) is 5.02 Å². The van der Waals surface area contributed by atoms with Crippen LogP contribution in [0.25, 0.3) is 0 Å². The van der Waals surface area contributed by atoms with Crippen molar-refractivity contribution in [1.29, 1.82) is 0 Å². The fraction of sp³-hybridized carbons (Fsp3) is 0.105. The first-order chi connectivity index (χ1) is 11.1. The molecule has 3 nitrogen and oxygen atoms in total. The number of amides is 1. The summed E-state index contributed by atoms with van der Waals surface area (Å²) in [4.78, 5) is 14.6. The molecule has 3 rings (SSSR count). The summed E-state index contributed by atoms with van der Waals surface area (Å²) >= 11 is 5.95. The molecule has 0 radical (unpaired) electrons. The molecule has 0 aliphatic heterocycles. The zero-order valence-corrected chi connectivity index (χ0v) is 13.5. The van der Waals surface area contributed by atoms with Crippen LogP contribution in [-0.2, 0) is 6.54 Å². The molecule has 0 saturated carbocycles. The summed E-state index contributed by atoms with van der Waals surface area (Å²) in [5.74, 6) is 0.643. The molecule has 0 bridgehead atoms. The molecule has 23 heavy (non-hydrogen) atoms. The highest BCUT2D eigenvalue weighted by molar-refractivity contribution is 6.30. The van der Waals surface area contributed by atoms with Crippen LogP contribution in [-0.4, -0.2) is 5.91 Å². The van der Waals surface area contributed by atoms with Crippen molar-refractivity contribution in [2.24, 2.45) is 0 Å². The SMILES string of the molecule is Cc1ccc(C(=O)N(Cc2ccco2)c2ccc(Cl)cc2)cc1. The Morgan fingerprint density at radius 3 is 2.35 bits per heavy atom. The second-order valence-corrected chi connectivity index (χ2v) is 5.75. The number of rotatable bonds is 4. The summed E-state index contributed by atoms with van der Waals surface area (Å²) in [7, 11) is 0. The lowest BCUT2D eigenvalue weighted by atomic mass is 10.1. The van der Waals surface area contributed by atoms with E-state index in [0.29, 0.717) is 17.1 Å². The van der Waals surface area contributed by atoms with E-state index in [1.807, 2.05) is 55.5 Å². The maximum atomic E-state index is 12.9. The highest BCUT2D eigenvalue weighted by Gasteiger charge is 2.19. The van der Waals surface area contributed by atoms with Gasteiger partial charge in [-0.15, -0.1) is 0 Å². The molecule has 1 amide bonds. The van der Waals surface area contributed by atoms with Crippen LogP contribution in [0, 0.1) is 6.92 Å². The Labute approximate surface area is 140 Å². The van der Waals surface area contributed by atoms with Crippen molar-refractivity contribution in [2.45, 2.75) is 13.5 Å². The van der Waals surface area contributed by atoms with Crippen LogP contribution >= 0.6 is 11.6 Å². The van der Waals surface area contributed by atoms with Gasteiger partial charge in [-0.25, -0.2) is 0 Å². The summed E-state index contributed by atoms with van der Waals surface area (Å²) < 4.78 is 5.39. The van der Waals surface area contributed by atoms with Gasteiger partial charge in [0.05, 0.1) is 12.8 Å². The second kappa shape index (κ2) is 6.71. The molecule has 0 N–H and O–H groups in total. The molecular weight excluding hydrogens is 310 g/mol. The fourth-order valence-electron chi connectivity index (χ4n) is 2.31. The minimum atomic E-state index is -0.0799. The lowest BCUT2D eigenvalue weighted by Gasteiger charge is -2.22. The average Bonchev–Trinajstić information content (AvgIpc) is 3.07. The molecule has 3 aromatic rings. The van der Waals surface area contributed by atoms with Gasteiger partial charge in [0.15, 0.2) is 0 Å². The third kappa shape index (κ3) is 3.63. The lowest BCUT2D eigenvalue weighted by molar-refractivity contribution is 0.0983. The van der Waals surface area contributed by atoms with Gasteiger partial charge in [0.2, 0.25) is 0 Å². The Bertz CT molecular complexity index is 777. The Balaban J connectivity index is 1.95. The maximum Gasteiger partial charge on any atom is 0.258 e. The van der Waals surface area contributed by atoms with Crippen molar-refractivity contribution >= 4 is 23.2 Å². The molecule has 0 atom stereocenters. The van der Waals surface area contributed by atoms with Gasteiger partial charge in [0.25, 0.3) is 5.91 Å². The highest BCUT2D eigenvalue weighted by atomic mass is 35.5. The van der Waals surface area contributed by atoms with Crippen LogP contribution in [0.1, 0.15) is 21.7 Å². The Morgan fingerprint density at radius 1 is 1.04 bits per heavy atom. The summed E-state index contributed by atoms with van der Waals surface area (Å²) in [5, 5.41) is 0.634. The minimum absolute atomic E-state index is 0.0799. The Kier molecular flexibility index (Phi) is 4.49. The Hall–Kier alpha value is -2.52. The number of carbonyl (C=O) groups is 1. The quantitative estimate of drug-likeness (QED) is 0.669. The predicted octanol–water partition coefficient (Wildman–Crippen LogP) is 5.09. The molecule has 2 aromatic carbocycles. The standard InChI is InChI=1S/C19H16ClNO2/c1-14-4-6-15(7-5-14)19(22)21(13-18-3-2-12-23-18)17-10-8-16(20)9-11-17/h2-12H,13H2,1H3. The highest BCUT2D eigenvalue weighted by Crippen LogP contribution is 2.23. The van der Waals surface area contributed by atoms with Crippen LogP contribution in [0.5, 0.6) is 0 Å². The molecule has 1 aromatic heterocycles. The lowest BCUT2D eigenvalue weighted by Crippen LogP contribution is -2.30. The molecule has 0 aliphatic carbocycles. The van der Waals surface area contributed by atoms with E-state index in [9.17, 15) is 4.79 Å². The normalized spacial score (nSPS) is 10.5. The monoisotopic (exact) mass is 325 g/mol. The summed E-state index contributed by atoms with van der Waals surface area (Å²) in [6.07, 6.45) is 1.60. The molecule has 0 unspecified atom stereocenters. The fourth-order valence-corrected chi connectivity index (χ4v) is 2.44. The molecule has 0 saturated heterocycles. The average molecular weight is 326 g/mol. The van der Waals surface area contributed by atoms with Crippen molar-refractivity contribution in [3.63, 3.8) is 0 Å². The van der Waals surface area contributed by atoms with Crippen LogP contribution in [0.4, 0.5) is 5.69 Å². The molecule has 0 fully saturated rings. The topological polar surface area (TPSA) is 33.5 Å². The van der Waals surface area contributed by atoms with E-state index in [4.69, 9.17) is 16.0 Å². The smallest absolute Gasteiger partial charge is 0.258 e. The molecule has 1 heterocycles. The number of anilines is 1. The van der Waals surface area contributed by atoms with Crippen molar-refractivity contribution in [3.05, 3.63) is 88.8 Å². The second-order valence-electron chi connectivity index (χ2n) is 5.31. The van der Waals surface area contributed by atoms with Crippen molar-refractivity contribution in [1.82, 2.24) is 0 Å². The van der Waals surface area contributed by atoms with E-state index in [-0.39, 0.29) is 5.91 Å². The van der Waals surface area contributed by atoms with E-state index in [0.717, 1.165) is 17.0 Å². The number of aryl methyl sites for hydroxylation is 1. The van der Waals surface area contributed by atoms with E-state index < -0.39 is 0 Å². The third-order valence-corrected chi connectivity index (χ3v) is 3.83. The number of nitrogens with zero attached hydrogens (tertiary/aromatic N) is 1. The first-order valence-corrected chi connectivity index (χ1v) is 7.68. The van der Waals surface area contributed by atoms with Crippen molar-refractivity contribution < 1.29 is 9.21 Å². The first-order valence-electron chi connectivity index (χ1n) is 7.30. The number of furan rings is 1. The molecule has 4 heteroatoms. The van der Waals surface area contributed by atoms with Crippen LogP contribution in [0.15, 0.2) is 71.3 Å². The zero-order chi connectivity index (χ0) is 16.2. The molecule has 0 spiro atoms. The zero-order valence-electron chi connectivity index (χ0n) is 12.7. The molecule has 0 aliphatic rings. The third-order valence-electron chi connectivity index (χ3n) is 3.58. The van der Waals surface area contributed by atoms with Gasteiger partial charge < -0.3 is 9.32 Å². The Morgan fingerprint density at radius 2 is 1.74 bits per heavy atom. The van der Waals surface area contributed by atoms with Crippen molar-refractivity contribution in [2.75, 3.05) is 4.90 Å². The van der Waals surface area contributed by atoms with Gasteiger partial charge in [-0.05, 0) is 55.5 Å². The van der Waals surface area contributed by atoms with Gasteiger partial charge in [0, 0.05) is 16.3 Å². The number of benzene rings is 2. The van der Waals surface area contributed by atoms with E-state index in [2.05, 4.69) is 0 Å². The number of carbonyl (C=O) groups excluding carboxylic acids is 1. The molecular formula is C19H16ClNO2. The van der Waals surface area contributed by atoms with Gasteiger partial charge in [0.1, 0.15) is 5.76 Å². The van der Waals surface area contributed by atoms with Crippen LogP contribution in [0.3, 0.4) is 0 Å². The van der Waals surface area contributed by atoms with E-state index >= 15 is 0 Å². The largest absolute Gasteiger partial charge is 0.467 e. The summed E-state index contributed by atoms with van der Waals surface area (Å²) in [6.45, 7) is 2.36. The minimum Gasteiger partial charge on any atom is -0.467 e. The number of hydrogen-bond donors (Lipinski definition) is 0. The first kappa shape index (κ1) is 15.4. The van der Waals surface area contributed by atoms with Gasteiger partial charge in [-0.2, -0.15) is 0 Å².